The minimum Gasteiger partial charge on any atom is -0.489 e. The van der Waals surface area contributed by atoms with Gasteiger partial charge in [0.05, 0.1) is 14.2 Å². The number of para-hydroxylation sites is 1. The predicted molar refractivity (Wildman–Crippen MR) is 137 cm³/mol. The lowest BCUT2D eigenvalue weighted by molar-refractivity contribution is -0.131. The maximum Gasteiger partial charge on any atom is 0.228 e. The summed E-state index contributed by atoms with van der Waals surface area (Å²) < 4.78 is 10.3. The molecular weight excluding hydrogens is 456 g/mol. The Balaban J connectivity index is 1.30. The van der Waals surface area contributed by atoms with Gasteiger partial charge in [0.15, 0.2) is 0 Å². The molecule has 36 heavy (non-hydrogen) atoms. The molecule has 1 aliphatic heterocycles. The van der Waals surface area contributed by atoms with E-state index in [1.807, 2.05) is 47.4 Å². The lowest BCUT2D eigenvalue weighted by Crippen LogP contribution is -2.48. The van der Waals surface area contributed by atoms with E-state index in [-0.39, 0.29) is 29.0 Å². The topological polar surface area (TPSA) is 76.2 Å². The number of ether oxygens (including phenoxy) is 2. The molecule has 1 amide bonds. The second-order valence-corrected chi connectivity index (χ2v) is 9.02. The van der Waals surface area contributed by atoms with Crippen molar-refractivity contribution < 1.29 is 23.9 Å². The summed E-state index contributed by atoms with van der Waals surface area (Å²) in [4.78, 5) is 42.5. The zero-order chi connectivity index (χ0) is 25.7. The molecule has 7 nitrogen and oxygen atoms in total. The number of ketones is 2. The molecule has 1 fully saturated rings. The number of piperazine rings is 1. The largest absolute Gasteiger partial charge is 0.489 e. The molecule has 1 heterocycles. The third-order valence-corrected chi connectivity index (χ3v) is 6.88. The van der Waals surface area contributed by atoms with Gasteiger partial charge in [0, 0.05) is 55.9 Å². The number of Topliss-reactive ketones (excluding diaryl/α,β-unsaturated/α-hetero) is 2. The third kappa shape index (κ3) is 5.35. The van der Waals surface area contributed by atoms with Gasteiger partial charge in [0.1, 0.15) is 0 Å². The highest BCUT2D eigenvalue weighted by Crippen LogP contribution is 2.28. The average Bonchev–Trinajstić information content (AvgIpc) is 2.92. The van der Waals surface area contributed by atoms with E-state index in [1.54, 1.807) is 6.92 Å². The first-order chi connectivity index (χ1) is 17.4. The molecule has 1 saturated heterocycles. The summed E-state index contributed by atoms with van der Waals surface area (Å²) in [7, 11) is 2.71. The minimum absolute atomic E-state index is 0.0507. The number of carbonyl (C=O) groups is 3. The smallest absolute Gasteiger partial charge is 0.228 e. The Morgan fingerprint density at radius 1 is 0.806 bits per heavy atom. The van der Waals surface area contributed by atoms with Crippen molar-refractivity contribution in [1.82, 2.24) is 4.90 Å². The van der Waals surface area contributed by atoms with Crippen molar-refractivity contribution in [1.29, 1.82) is 0 Å². The van der Waals surface area contributed by atoms with Crippen LogP contribution in [-0.2, 0) is 36.7 Å². The second kappa shape index (κ2) is 11.2. The van der Waals surface area contributed by atoms with Crippen LogP contribution in [0, 0.1) is 0 Å². The molecule has 0 bridgehead atoms. The van der Waals surface area contributed by atoms with E-state index in [0.717, 1.165) is 37.3 Å². The van der Waals surface area contributed by atoms with Crippen molar-refractivity contribution in [2.75, 3.05) is 45.3 Å². The molecule has 188 valence electrons. The molecule has 0 unspecified atom stereocenters. The van der Waals surface area contributed by atoms with Crippen LogP contribution in [0.5, 0.6) is 0 Å². The SMILES string of the molecule is COC1=C(OC)C(=O)C(Cc2ccc(CCC(=O)N3CCN(c4ccccc4)CC3)cc2)=C(C)C1=O. The lowest BCUT2D eigenvalue weighted by atomic mass is 9.88. The number of carbonyl (C=O) groups excluding carboxylic acids is 3. The predicted octanol–water partition coefficient (Wildman–Crippen LogP) is 3.48. The number of anilines is 1. The van der Waals surface area contributed by atoms with Crippen molar-refractivity contribution in [3.63, 3.8) is 0 Å². The van der Waals surface area contributed by atoms with Crippen LogP contribution >= 0.6 is 0 Å². The maximum absolute atomic E-state index is 12.9. The molecule has 0 saturated carbocycles. The average molecular weight is 489 g/mol. The molecule has 2 aromatic carbocycles. The van der Waals surface area contributed by atoms with Crippen LogP contribution in [0.15, 0.2) is 77.3 Å². The van der Waals surface area contributed by atoms with E-state index in [0.29, 0.717) is 30.4 Å². The van der Waals surface area contributed by atoms with Crippen molar-refractivity contribution in [2.24, 2.45) is 0 Å². The van der Waals surface area contributed by atoms with Crippen molar-refractivity contribution in [3.05, 3.63) is 88.4 Å². The number of methoxy groups -OCH3 is 2. The fourth-order valence-corrected chi connectivity index (χ4v) is 4.69. The Labute approximate surface area is 212 Å². The number of amides is 1. The van der Waals surface area contributed by atoms with Gasteiger partial charge in [-0.25, -0.2) is 0 Å². The van der Waals surface area contributed by atoms with Gasteiger partial charge in [-0.1, -0.05) is 42.5 Å². The van der Waals surface area contributed by atoms with Crippen molar-refractivity contribution in [3.8, 4) is 0 Å². The third-order valence-electron chi connectivity index (χ3n) is 6.88. The van der Waals surface area contributed by atoms with Crippen LogP contribution < -0.4 is 4.90 Å². The monoisotopic (exact) mass is 488 g/mol. The molecule has 0 atom stereocenters. The molecule has 0 radical (unpaired) electrons. The van der Waals surface area contributed by atoms with Crippen LogP contribution in [0.1, 0.15) is 24.5 Å². The number of hydrogen-bond donors (Lipinski definition) is 0. The Bertz CT molecular complexity index is 1190. The van der Waals surface area contributed by atoms with Gasteiger partial charge in [-0.3, -0.25) is 14.4 Å². The molecule has 7 heteroatoms. The number of hydrogen-bond acceptors (Lipinski definition) is 6. The Kier molecular flexibility index (Phi) is 7.88. The van der Waals surface area contributed by atoms with Gasteiger partial charge in [-0.2, -0.15) is 0 Å². The first kappa shape index (κ1) is 25.2. The van der Waals surface area contributed by atoms with Gasteiger partial charge >= 0.3 is 0 Å². The molecule has 1 aliphatic carbocycles. The van der Waals surface area contributed by atoms with Gasteiger partial charge in [-0.05, 0) is 36.6 Å². The lowest BCUT2D eigenvalue weighted by Gasteiger charge is -2.36. The number of benzene rings is 2. The standard InChI is InChI=1S/C29H32N2O5/c1-20-24(27(34)29(36-3)28(35-2)26(20)33)19-22-11-9-21(10-12-22)13-14-25(32)31-17-15-30(16-18-31)23-7-5-4-6-8-23/h4-12H,13-19H2,1-3H3. The fraction of sp³-hybridized carbons (Fsp3) is 0.345. The van der Waals surface area contributed by atoms with Crippen LogP contribution in [0.25, 0.3) is 0 Å². The van der Waals surface area contributed by atoms with Gasteiger partial charge < -0.3 is 19.3 Å². The molecule has 0 spiro atoms. The first-order valence-electron chi connectivity index (χ1n) is 12.2. The van der Waals surface area contributed by atoms with Crippen molar-refractivity contribution in [2.45, 2.75) is 26.2 Å². The van der Waals surface area contributed by atoms with Crippen LogP contribution in [-0.4, -0.2) is 62.8 Å². The summed E-state index contributed by atoms with van der Waals surface area (Å²) >= 11 is 0. The number of rotatable bonds is 8. The van der Waals surface area contributed by atoms with Gasteiger partial charge in [0.2, 0.25) is 29.0 Å². The summed E-state index contributed by atoms with van der Waals surface area (Å²) in [5.41, 5.74) is 3.96. The van der Waals surface area contributed by atoms with Crippen molar-refractivity contribution >= 4 is 23.2 Å². The maximum atomic E-state index is 12.9. The Morgan fingerprint density at radius 3 is 2.00 bits per heavy atom. The summed E-state index contributed by atoms with van der Waals surface area (Å²) in [5, 5.41) is 0. The number of aryl methyl sites for hydroxylation is 1. The van der Waals surface area contributed by atoms with Gasteiger partial charge in [-0.15, -0.1) is 0 Å². The van der Waals surface area contributed by atoms with E-state index in [9.17, 15) is 14.4 Å². The number of allylic oxidation sites excluding steroid dienone is 2. The highest BCUT2D eigenvalue weighted by atomic mass is 16.5. The van der Waals surface area contributed by atoms with E-state index in [2.05, 4.69) is 17.0 Å². The zero-order valence-electron chi connectivity index (χ0n) is 21.1. The Hall–Kier alpha value is -3.87. The van der Waals surface area contributed by atoms with Gasteiger partial charge in [0.25, 0.3) is 0 Å². The summed E-state index contributed by atoms with van der Waals surface area (Å²) in [6.07, 6.45) is 1.44. The molecule has 0 aromatic heterocycles. The molecule has 0 N–H and O–H groups in total. The van der Waals surface area contributed by atoms with E-state index in [1.165, 1.54) is 19.9 Å². The van der Waals surface area contributed by atoms with Crippen LogP contribution in [0.3, 0.4) is 0 Å². The summed E-state index contributed by atoms with van der Waals surface area (Å²) in [6, 6.07) is 18.1. The fourth-order valence-electron chi connectivity index (χ4n) is 4.69. The molecule has 4 rings (SSSR count). The zero-order valence-corrected chi connectivity index (χ0v) is 21.1. The quantitative estimate of drug-likeness (QED) is 0.530. The van der Waals surface area contributed by atoms with Crippen LogP contribution in [0.2, 0.25) is 0 Å². The molecular formula is C29H32N2O5. The molecule has 2 aromatic rings. The number of nitrogens with zero attached hydrogens (tertiary/aromatic N) is 2. The Morgan fingerprint density at radius 2 is 1.39 bits per heavy atom. The highest BCUT2D eigenvalue weighted by molar-refractivity contribution is 6.23. The van der Waals surface area contributed by atoms with Crippen LogP contribution in [0.4, 0.5) is 5.69 Å². The second-order valence-electron chi connectivity index (χ2n) is 9.02. The summed E-state index contributed by atoms with van der Waals surface area (Å²) in [6.45, 7) is 4.79. The summed E-state index contributed by atoms with van der Waals surface area (Å²) in [5.74, 6) is -0.586. The minimum atomic E-state index is -0.330. The van der Waals surface area contributed by atoms with E-state index >= 15 is 0 Å². The molecule has 2 aliphatic rings. The highest BCUT2D eigenvalue weighted by Gasteiger charge is 2.34. The van der Waals surface area contributed by atoms with E-state index < -0.39 is 0 Å². The first-order valence-corrected chi connectivity index (χ1v) is 12.2. The van der Waals surface area contributed by atoms with E-state index in [4.69, 9.17) is 9.47 Å². The normalized spacial score (nSPS) is 16.5.